The minimum Gasteiger partial charge on any atom is -0.489 e. The van der Waals surface area contributed by atoms with Crippen LogP contribution in [-0.2, 0) is 29.5 Å². The van der Waals surface area contributed by atoms with Gasteiger partial charge in [-0.3, -0.25) is 19.6 Å². The van der Waals surface area contributed by atoms with Gasteiger partial charge in [-0.15, -0.1) is 0 Å². The number of benzene rings is 1. The van der Waals surface area contributed by atoms with Gasteiger partial charge in [-0.1, -0.05) is 5.16 Å². The first kappa shape index (κ1) is 30.6. The molecule has 0 radical (unpaired) electrons. The zero-order valence-corrected chi connectivity index (χ0v) is 23.5. The predicted molar refractivity (Wildman–Crippen MR) is 146 cm³/mol. The zero-order valence-electron chi connectivity index (χ0n) is 21.9. The average Bonchev–Trinajstić information content (AvgIpc) is 3.60. The highest BCUT2D eigenvalue weighted by Gasteiger charge is 2.51. The summed E-state index contributed by atoms with van der Waals surface area (Å²) in [6.07, 6.45) is -0.805. The normalized spacial score (nSPS) is 21.3. The fraction of sp³-hybridized carbons (Fsp3) is 0.409. The van der Waals surface area contributed by atoms with Crippen LogP contribution in [0.4, 0.5) is 5.13 Å². The summed E-state index contributed by atoms with van der Waals surface area (Å²) in [6, 6.07) is 4.05. The van der Waals surface area contributed by atoms with E-state index >= 15 is 0 Å². The Morgan fingerprint density at radius 3 is 2.60 bits per heavy atom. The number of nitrogens with two attached hydrogens (primary N) is 1. The highest BCUT2D eigenvalue weighted by molar-refractivity contribution is 7.84. The fourth-order valence-electron chi connectivity index (χ4n) is 4.05. The molecule has 1 aromatic carbocycles. The standard InChI is InChI=1S/C22H27N9O9S2/c1-10-15(20(33)31(10)42(36,37)38)27-19(32)16(18-28-22(24)41-30-18)29-40-14(21(34)35)9-39-13-4-2-11(3-5-13)17(23)26-12-6-7-25-8-12/h2-5,10,12,14-15,25H,6-9H2,1H3,(H2,23,26)(H,27,32)(H,34,35)(H2,24,28,30)(H,36,37,38)/b29-16-/t10-,12-,14-,15-/m0/s1. The number of carbonyl (C=O) groups is 3. The topological polar surface area (TPSA) is 272 Å². The first-order valence-electron chi connectivity index (χ1n) is 12.3. The van der Waals surface area contributed by atoms with Crippen LogP contribution in [0.3, 0.4) is 0 Å². The highest BCUT2D eigenvalue weighted by Crippen LogP contribution is 2.23. The number of hydrogen-bond donors (Lipinski definition) is 7. The van der Waals surface area contributed by atoms with Crippen LogP contribution in [0.2, 0.25) is 0 Å². The van der Waals surface area contributed by atoms with Crippen molar-refractivity contribution in [3.8, 4) is 5.75 Å². The quantitative estimate of drug-likeness (QED) is 0.0449. The van der Waals surface area contributed by atoms with Crippen LogP contribution in [0.25, 0.3) is 0 Å². The molecule has 1 aromatic heterocycles. The highest BCUT2D eigenvalue weighted by atomic mass is 32.2. The van der Waals surface area contributed by atoms with Crippen molar-refractivity contribution in [2.24, 2.45) is 5.16 Å². The molecule has 2 amide bonds. The summed E-state index contributed by atoms with van der Waals surface area (Å²) in [7, 11) is -4.83. The van der Waals surface area contributed by atoms with E-state index in [1.807, 2.05) is 0 Å². The van der Waals surface area contributed by atoms with Crippen molar-refractivity contribution < 1.29 is 42.0 Å². The van der Waals surface area contributed by atoms with Gasteiger partial charge in [-0.2, -0.15) is 17.8 Å². The lowest BCUT2D eigenvalue weighted by atomic mass is 10.0. The number of hydrogen-bond acceptors (Lipinski definition) is 14. The maximum Gasteiger partial charge on any atom is 0.362 e. The zero-order chi connectivity index (χ0) is 30.6. The Labute approximate surface area is 242 Å². The molecule has 2 aliphatic heterocycles. The van der Waals surface area contributed by atoms with E-state index in [0.29, 0.717) is 17.1 Å². The number of nitrogens with one attached hydrogen (secondary N) is 4. The molecule has 2 aromatic rings. The van der Waals surface area contributed by atoms with Crippen molar-refractivity contribution in [1.82, 2.24) is 29.6 Å². The molecular formula is C22H27N9O9S2. The molecule has 226 valence electrons. The van der Waals surface area contributed by atoms with Crippen molar-refractivity contribution in [1.29, 1.82) is 5.41 Å². The van der Waals surface area contributed by atoms with Crippen molar-refractivity contribution in [3.63, 3.8) is 0 Å². The second-order valence-corrected chi connectivity index (χ2v) is 11.2. The monoisotopic (exact) mass is 625 g/mol. The average molecular weight is 626 g/mol. The van der Waals surface area contributed by atoms with Crippen molar-refractivity contribution >= 4 is 56.3 Å². The molecule has 4 atom stereocenters. The third-order valence-electron chi connectivity index (χ3n) is 6.24. The number of ether oxygens (including phenoxy) is 1. The SMILES string of the molecule is C[C@H]1[C@H](NC(=O)/C(=N\O[C@@H](COc2ccc(C(=N)N[C@H]3CCNC3)cc2)C(=O)O)c2nsc(N)n2)C(=O)N1S(=O)(=O)O. The van der Waals surface area contributed by atoms with Gasteiger partial charge in [0.25, 0.3) is 17.9 Å². The number of oxime groups is 1. The molecule has 2 aliphatic rings. The Bertz CT molecular complexity index is 1490. The molecule has 8 N–H and O–H groups in total. The molecule has 0 spiro atoms. The van der Waals surface area contributed by atoms with E-state index in [0.717, 1.165) is 19.5 Å². The van der Waals surface area contributed by atoms with Gasteiger partial charge in [0.15, 0.2) is 5.13 Å². The van der Waals surface area contributed by atoms with Gasteiger partial charge >= 0.3 is 16.3 Å². The third-order valence-corrected chi connectivity index (χ3v) is 7.79. The van der Waals surface area contributed by atoms with Crippen molar-refractivity contribution in [2.45, 2.75) is 37.6 Å². The van der Waals surface area contributed by atoms with Crippen LogP contribution in [-0.4, -0.2) is 105 Å². The third kappa shape index (κ3) is 7.08. The van der Waals surface area contributed by atoms with Gasteiger partial charge in [0, 0.05) is 29.7 Å². The molecule has 4 rings (SSSR count). The molecule has 42 heavy (non-hydrogen) atoms. The van der Waals surface area contributed by atoms with E-state index in [1.54, 1.807) is 24.3 Å². The summed E-state index contributed by atoms with van der Waals surface area (Å²) in [6.45, 7) is 2.38. The van der Waals surface area contributed by atoms with Gasteiger partial charge in [0.1, 0.15) is 24.2 Å². The number of aliphatic carboxylic acids is 1. The van der Waals surface area contributed by atoms with Crippen LogP contribution in [0, 0.1) is 5.41 Å². The van der Waals surface area contributed by atoms with Crippen molar-refractivity contribution in [3.05, 3.63) is 35.7 Å². The molecule has 20 heteroatoms. The van der Waals surface area contributed by atoms with Gasteiger partial charge < -0.3 is 36.4 Å². The van der Waals surface area contributed by atoms with E-state index in [-0.39, 0.29) is 32.9 Å². The minimum absolute atomic E-state index is 0.0547. The molecular weight excluding hydrogens is 598 g/mol. The minimum atomic E-state index is -4.83. The maximum absolute atomic E-state index is 12.9. The number of carboxylic acid groups (broad SMARTS) is 1. The van der Waals surface area contributed by atoms with Crippen LogP contribution in [0.1, 0.15) is 24.7 Å². The number of amidine groups is 1. The molecule has 0 aliphatic carbocycles. The van der Waals surface area contributed by atoms with E-state index in [4.69, 9.17) is 25.3 Å². The molecule has 0 unspecified atom stereocenters. The summed E-state index contributed by atoms with van der Waals surface area (Å²) in [4.78, 5) is 45.8. The van der Waals surface area contributed by atoms with Crippen LogP contribution >= 0.6 is 11.5 Å². The maximum atomic E-state index is 12.9. The summed E-state index contributed by atoms with van der Waals surface area (Å²) < 4.78 is 41.3. The lowest BCUT2D eigenvalue weighted by Gasteiger charge is -2.42. The Kier molecular flexibility index (Phi) is 9.19. The molecule has 0 bridgehead atoms. The van der Waals surface area contributed by atoms with E-state index in [9.17, 15) is 27.9 Å². The van der Waals surface area contributed by atoms with Crippen LogP contribution < -0.4 is 26.4 Å². The summed E-state index contributed by atoms with van der Waals surface area (Å²) in [5.41, 5.74) is 5.54. The van der Waals surface area contributed by atoms with Crippen molar-refractivity contribution in [2.75, 3.05) is 25.4 Å². The summed E-state index contributed by atoms with van der Waals surface area (Å²) in [5, 5.41) is 29.9. The Hall–Kier alpha value is -4.40. The van der Waals surface area contributed by atoms with Gasteiger partial charge in [-0.05, 0) is 44.2 Å². The number of nitrogen functional groups attached to an aromatic ring is 1. The number of β-lactam (4-membered cyclic amide) rings is 1. The molecule has 3 heterocycles. The number of anilines is 1. The lowest BCUT2D eigenvalue weighted by molar-refractivity contribution is -0.152. The second kappa shape index (κ2) is 12.6. The number of nitrogens with zero attached hydrogens (tertiary/aromatic N) is 4. The molecule has 2 saturated heterocycles. The Morgan fingerprint density at radius 2 is 2.05 bits per heavy atom. The Morgan fingerprint density at radius 1 is 1.33 bits per heavy atom. The van der Waals surface area contributed by atoms with E-state index < -0.39 is 58.6 Å². The number of carboxylic acids is 1. The molecule has 0 saturated carbocycles. The molecule has 2 fully saturated rings. The van der Waals surface area contributed by atoms with Gasteiger partial charge in [0.05, 0.1) is 6.04 Å². The fourth-order valence-corrected chi connectivity index (χ4v) is 5.36. The van der Waals surface area contributed by atoms with E-state index in [1.165, 1.54) is 6.92 Å². The van der Waals surface area contributed by atoms with Crippen LogP contribution in [0.5, 0.6) is 5.75 Å². The van der Waals surface area contributed by atoms with Gasteiger partial charge in [0.2, 0.25) is 11.5 Å². The first-order valence-corrected chi connectivity index (χ1v) is 14.5. The van der Waals surface area contributed by atoms with E-state index in [2.05, 4.69) is 30.5 Å². The Balaban J connectivity index is 1.41. The lowest BCUT2D eigenvalue weighted by Crippen LogP contribution is -2.71. The smallest absolute Gasteiger partial charge is 0.362 e. The number of rotatable bonds is 12. The molecule has 18 nitrogen and oxygen atoms in total. The van der Waals surface area contributed by atoms with Crippen LogP contribution in [0.15, 0.2) is 29.4 Å². The predicted octanol–water partition coefficient (Wildman–Crippen LogP) is -1.83. The number of carbonyl (C=O) groups excluding carboxylic acids is 2. The van der Waals surface area contributed by atoms with Gasteiger partial charge in [-0.25, -0.2) is 9.10 Å². The first-order chi connectivity index (χ1) is 19.8. The second-order valence-electron chi connectivity index (χ2n) is 9.18. The number of aromatic nitrogens is 2. The largest absolute Gasteiger partial charge is 0.489 e. The summed E-state index contributed by atoms with van der Waals surface area (Å²) >= 11 is 0.702. The number of amides is 2. The summed E-state index contributed by atoms with van der Waals surface area (Å²) in [5.74, 6) is -3.51.